The van der Waals surface area contributed by atoms with Gasteiger partial charge in [0.05, 0.1) is 18.8 Å². The van der Waals surface area contributed by atoms with Crippen molar-refractivity contribution >= 4 is 28.5 Å². The average molecular weight is 317 g/mol. The normalized spacial score (nSPS) is 38.0. The molecule has 6 heteroatoms. The van der Waals surface area contributed by atoms with Crippen LogP contribution >= 0.6 is 22.6 Å². The average Bonchev–Trinajstić information content (AvgIpc) is 2.13. The van der Waals surface area contributed by atoms with Crippen molar-refractivity contribution < 1.29 is 19.0 Å². The number of hydrogen-bond donors (Lipinski definition) is 2. The monoisotopic (exact) mass is 317 g/mol. The second-order valence-electron chi connectivity index (χ2n) is 3.27. The Hall–Kier alpha value is 0.0500. The van der Waals surface area contributed by atoms with Gasteiger partial charge in [-0.05, 0) is 0 Å². The lowest BCUT2D eigenvalue weighted by Crippen LogP contribution is -2.57. The number of hydrogen-bond acceptors (Lipinski definition) is 3. The molecule has 0 unspecified atom stereocenters. The van der Waals surface area contributed by atoms with Crippen LogP contribution in [0, 0.1) is 0 Å². The molecule has 0 saturated carbocycles. The predicted octanol–water partition coefficient (Wildman–Crippen LogP) is 0.0239. The SMILES string of the molecule is CC(=O)N[C@H]1CO[C@H](CI)[C@@H](O)[C@@H]1F. The molecule has 0 aliphatic carbocycles. The molecule has 1 aliphatic rings. The number of halogens is 2. The number of amides is 1. The Kier molecular flexibility index (Phi) is 4.52. The summed E-state index contributed by atoms with van der Waals surface area (Å²) in [6.45, 7) is 1.43. The van der Waals surface area contributed by atoms with Crippen molar-refractivity contribution in [3.05, 3.63) is 0 Å². The van der Waals surface area contributed by atoms with E-state index in [1.807, 2.05) is 22.6 Å². The second kappa shape index (κ2) is 5.22. The Balaban J connectivity index is 2.54. The van der Waals surface area contributed by atoms with Gasteiger partial charge in [-0.15, -0.1) is 0 Å². The van der Waals surface area contributed by atoms with Gasteiger partial charge in [0, 0.05) is 11.4 Å². The van der Waals surface area contributed by atoms with Gasteiger partial charge in [-0.2, -0.15) is 0 Å². The molecule has 2 N–H and O–H groups in total. The molecule has 0 radical (unpaired) electrons. The smallest absolute Gasteiger partial charge is 0.217 e. The number of ether oxygens (including phenoxy) is 1. The minimum atomic E-state index is -1.45. The molecule has 0 aromatic heterocycles. The highest BCUT2D eigenvalue weighted by molar-refractivity contribution is 14.1. The number of nitrogens with one attached hydrogen (secondary N) is 1. The Labute approximate surface area is 95.3 Å². The van der Waals surface area contributed by atoms with Crippen molar-refractivity contribution in [3.63, 3.8) is 0 Å². The zero-order valence-corrected chi connectivity index (χ0v) is 9.90. The first kappa shape index (κ1) is 12.1. The fraction of sp³-hybridized carbons (Fsp3) is 0.875. The lowest BCUT2D eigenvalue weighted by atomic mass is 10.0. The van der Waals surface area contributed by atoms with Crippen LogP contribution in [-0.4, -0.2) is 46.5 Å². The molecule has 1 heterocycles. The van der Waals surface area contributed by atoms with Gasteiger partial charge in [0.2, 0.25) is 5.91 Å². The van der Waals surface area contributed by atoms with Crippen molar-refractivity contribution in [1.82, 2.24) is 5.32 Å². The third kappa shape index (κ3) is 2.77. The summed E-state index contributed by atoms with van der Waals surface area (Å²) in [6.07, 6.45) is -3.08. The van der Waals surface area contributed by atoms with Crippen LogP contribution in [0.5, 0.6) is 0 Å². The van der Waals surface area contributed by atoms with E-state index in [1.54, 1.807) is 0 Å². The molecule has 0 bridgehead atoms. The van der Waals surface area contributed by atoms with E-state index in [2.05, 4.69) is 5.32 Å². The molecule has 1 fully saturated rings. The maximum absolute atomic E-state index is 13.5. The topological polar surface area (TPSA) is 58.6 Å². The lowest BCUT2D eigenvalue weighted by molar-refractivity contribution is -0.132. The Morgan fingerprint density at radius 3 is 2.93 bits per heavy atom. The van der Waals surface area contributed by atoms with E-state index < -0.39 is 24.4 Å². The highest BCUT2D eigenvalue weighted by atomic mass is 127. The fourth-order valence-electron chi connectivity index (χ4n) is 1.38. The maximum Gasteiger partial charge on any atom is 0.217 e. The van der Waals surface area contributed by atoms with Crippen LogP contribution in [0.4, 0.5) is 4.39 Å². The van der Waals surface area contributed by atoms with Gasteiger partial charge in [0.25, 0.3) is 0 Å². The molecule has 14 heavy (non-hydrogen) atoms. The highest BCUT2D eigenvalue weighted by Gasteiger charge is 2.39. The summed E-state index contributed by atoms with van der Waals surface area (Å²) in [5.41, 5.74) is 0. The van der Waals surface area contributed by atoms with E-state index in [0.717, 1.165) is 0 Å². The largest absolute Gasteiger partial charge is 0.387 e. The fourth-order valence-corrected chi connectivity index (χ4v) is 2.15. The van der Waals surface area contributed by atoms with E-state index in [0.29, 0.717) is 4.43 Å². The molecule has 1 aliphatic heterocycles. The molecule has 1 saturated heterocycles. The number of aliphatic hydroxyl groups is 1. The summed E-state index contributed by atoms with van der Waals surface area (Å²) in [5.74, 6) is -0.318. The first-order valence-corrected chi connectivity index (χ1v) is 5.85. The summed E-state index contributed by atoms with van der Waals surface area (Å²) in [4.78, 5) is 10.7. The summed E-state index contributed by atoms with van der Waals surface area (Å²) in [7, 11) is 0. The molecule has 82 valence electrons. The van der Waals surface area contributed by atoms with Crippen LogP contribution in [0.25, 0.3) is 0 Å². The first-order valence-electron chi connectivity index (χ1n) is 4.33. The van der Waals surface area contributed by atoms with E-state index in [4.69, 9.17) is 4.74 Å². The van der Waals surface area contributed by atoms with Crippen LogP contribution in [0.2, 0.25) is 0 Å². The van der Waals surface area contributed by atoms with Gasteiger partial charge in [-0.3, -0.25) is 4.79 Å². The van der Waals surface area contributed by atoms with Gasteiger partial charge in [-0.25, -0.2) is 4.39 Å². The van der Waals surface area contributed by atoms with Crippen molar-refractivity contribution in [2.24, 2.45) is 0 Å². The van der Waals surface area contributed by atoms with E-state index in [9.17, 15) is 14.3 Å². The Morgan fingerprint density at radius 1 is 1.79 bits per heavy atom. The molecular weight excluding hydrogens is 304 g/mol. The third-order valence-corrected chi connectivity index (χ3v) is 2.99. The Morgan fingerprint density at radius 2 is 2.43 bits per heavy atom. The summed E-state index contributed by atoms with van der Waals surface area (Å²) >= 11 is 2.03. The predicted molar refractivity (Wildman–Crippen MR) is 57.1 cm³/mol. The number of aliphatic hydroxyl groups excluding tert-OH is 1. The van der Waals surface area contributed by atoms with Crippen molar-refractivity contribution in [2.75, 3.05) is 11.0 Å². The molecule has 1 amide bonds. The zero-order chi connectivity index (χ0) is 10.7. The van der Waals surface area contributed by atoms with Gasteiger partial charge in [0.15, 0.2) is 6.17 Å². The quantitative estimate of drug-likeness (QED) is 0.558. The summed E-state index contributed by atoms with van der Waals surface area (Å²) < 4.78 is 19.2. The summed E-state index contributed by atoms with van der Waals surface area (Å²) in [5, 5.41) is 11.9. The van der Waals surface area contributed by atoms with Crippen LogP contribution in [0.3, 0.4) is 0 Å². The van der Waals surface area contributed by atoms with Gasteiger partial charge in [0.1, 0.15) is 6.10 Å². The lowest BCUT2D eigenvalue weighted by Gasteiger charge is -2.35. The number of rotatable bonds is 2. The number of carbonyl (C=O) groups excluding carboxylic acids is 1. The van der Waals surface area contributed by atoms with Gasteiger partial charge < -0.3 is 15.2 Å². The van der Waals surface area contributed by atoms with Crippen molar-refractivity contribution in [2.45, 2.75) is 31.3 Å². The highest BCUT2D eigenvalue weighted by Crippen LogP contribution is 2.19. The van der Waals surface area contributed by atoms with Crippen molar-refractivity contribution in [1.29, 1.82) is 0 Å². The molecule has 1 rings (SSSR count). The van der Waals surface area contributed by atoms with E-state index >= 15 is 0 Å². The first-order chi connectivity index (χ1) is 6.56. The van der Waals surface area contributed by atoms with Crippen molar-refractivity contribution in [3.8, 4) is 0 Å². The van der Waals surface area contributed by atoms with E-state index in [-0.39, 0.29) is 12.5 Å². The Bertz CT molecular complexity index is 217. The molecule has 4 atom stereocenters. The molecule has 0 aromatic rings. The molecular formula is C8H13FINO3. The minimum absolute atomic E-state index is 0.117. The third-order valence-electron chi connectivity index (χ3n) is 2.12. The van der Waals surface area contributed by atoms with E-state index in [1.165, 1.54) is 6.92 Å². The summed E-state index contributed by atoms with van der Waals surface area (Å²) in [6, 6.07) is -0.735. The van der Waals surface area contributed by atoms with Crippen LogP contribution in [-0.2, 0) is 9.53 Å². The van der Waals surface area contributed by atoms with Crippen LogP contribution in [0.15, 0.2) is 0 Å². The van der Waals surface area contributed by atoms with Crippen LogP contribution in [0.1, 0.15) is 6.92 Å². The zero-order valence-electron chi connectivity index (χ0n) is 7.74. The number of alkyl halides is 2. The minimum Gasteiger partial charge on any atom is -0.387 e. The number of carbonyl (C=O) groups is 1. The standard InChI is InChI=1S/C8H13FINO3/c1-4(12)11-5-3-14-6(2-10)8(13)7(5)9/h5-8,13H,2-3H2,1H3,(H,11,12)/t5-,6+,7+,8+/m0/s1. The van der Waals surface area contributed by atoms with Gasteiger partial charge in [-0.1, -0.05) is 22.6 Å². The molecule has 4 nitrogen and oxygen atoms in total. The van der Waals surface area contributed by atoms with Crippen LogP contribution < -0.4 is 5.32 Å². The van der Waals surface area contributed by atoms with Gasteiger partial charge >= 0.3 is 0 Å². The molecule has 0 spiro atoms. The second-order valence-corrected chi connectivity index (χ2v) is 4.15. The molecule has 0 aromatic carbocycles. The maximum atomic E-state index is 13.5.